The largest absolute Gasteiger partial charge is 0.493 e. The molecular weight excluding hydrogens is 288 g/mol. The molecule has 108 valence electrons. The van der Waals surface area contributed by atoms with Crippen molar-refractivity contribution in [3.8, 4) is 11.5 Å². The Hall–Kier alpha value is -2.00. The Morgan fingerprint density at radius 3 is 2.95 bits per heavy atom. The van der Waals surface area contributed by atoms with E-state index in [1.807, 2.05) is 18.2 Å². The summed E-state index contributed by atoms with van der Waals surface area (Å²) in [6.45, 7) is 1.24. The maximum absolute atomic E-state index is 10.7. The molecule has 0 aromatic heterocycles. The molecule has 0 saturated heterocycles. The Kier molecular flexibility index (Phi) is 4.11. The molecule has 4 heteroatoms. The second kappa shape index (κ2) is 6.19. The molecule has 1 unspecified atom stereocenters. The first-order valence-corrected chi connectivity index (χ1v) is 7.25. The van der Waals surface area contributed by atoms with Crippen LogP contribution < -0.4 is 9.47 Å². The van der Waals surface area contributed by atoms with E-state index in [9.17, 15) is 4.79 Å². The second-order valence-electron chi connectivity index (χ2n) is 4.99. The smallest absolute Gasteiger partial charge is 0.150 e. The molecule has 1 aliphatic heterocycles. The van der Waals surface area contributed by atoms with Gasteiger partial charge in [-0.05, 0) is 30.7 Å². The first kappa shape index (κ1) is 14.0. The number of hydrogen-bond acceptors (Lipinski definition) is 3. The van der Waals surface area contributed by atoms with Gasteiger partial charge in [0.15, 0.2) is 0 Å². The Morgan fingerprint density at radius 1 is 1.29 bits per heavy atom. The Balaban J connectivity index is 1.73. The van der Waals surface area contributed by atoms with Crippen LogP contribution in [0, 0.1) is 0 Å². The van der Waals surface area contributed by atoms with E-state index in [1.165, 1.54) is 5.56 Å². The minimum Gasteiger partial charge on any atom is -0.493 e. The molecular formula is C17H15ClO3. The van der Waals surface area contributed by atoms with Crippen molar-refractivity contribution in [2.45, 2.75) is 12.3 Å². The van der Waals surface area contributed by atoms with Gasteiger partial charge in [-0.3, -0.25) is 4.79 Å². The first-order chi connectivity index (χ1) is 10.3. The molecule has 0 aliphatic carbocycles. The van der Waals surface area contributed by atoms with Crippen molar-refractivity contribution in [1.29, 1.82) is 0 Å². The fourth-order valence-corrected chi connectivity index (χ4v) is 2.73. The van der Waals surface area contributed by atoms with Gasteiger partial charge < -0.3 is 9.47 Å². The standard InChI is InChI=1S/C17H15ClO3/c18-15-9-12(10-19)5-6-17(15)21-11-13-7-8-20-16-4-2-1-3-14(13)16/h1-6,9-10,13H,7-8,11H2. The minimum atomic E-state index is 0.289. The molecule has 0 amide bonds. The van der Waals surface area contributed by atoms with Crippen molar-refractivity contribution in [2.75, 3.05) is 13.2 Å². The zero-order valence-corrected chi connectivity index (χ0v) is 12.2. The highest BCUT2D eigenvalue weighted by atomic mass is 35.5. The topological polar surface area (TPSA) is 35.5 Å². The zero-order chi connectivity index (χ0) is 14.7. The van der Waals surface area contributed by atoms with Crippen molar-refractivity contribution >= 4 is 17.9 Å². The average molecular weight is 303 g/mol. The molecule has 3 nitrogen and oxygen atoms in total. The number of aldehydes is 1. The van der Waals surface area contributed by atoms with Gasteiger partial charge in [0.05, 0.1) is 18.2 Å². The normalized spacial score (nSPS) is 16.7. The second-order valence-corrected chi connectivity index (χ2v) is 5.40. The Morgan fingerprint density at radius 2 is 2.14 bits per heavy atom. The molecule has 0 radical (unpaired) electrons. The van der Waals surface area contributed by atoms with Crippen molar-refractivity contribution in [2.24, 2.45) is 0 Å². The summed E-state index contributed by atoms with van der Waals surface area (Å²) in [5, 5.41) is 0.458. The van der Waals surface area contributed by atoms with Gasteiger partial charge in [-0.25, -0.2) is 0 Å². The van der Waals surface area contributed by atoms with Gasteiger partial charge in [-0.2, -0.15) is 0 Å². The van der Waals surface area contributed by atoms with Crippen LogP contribution in [0.15, 0.2) is 42.5 Å². The number of fused-ring (bicyclic) bond motifs is 1. The van der Waals surface area contributed by atoms with Crippen LogP contribution in [-0.2, 0) is 0 Å². The average Bonchev–Trinajstić information content (AvgIpc) is 2.53. The SMILES string of the molecule is O=Cc1ccc(OCC2CCOc3ccccc32)c(Cl)c1. The molecule has 1 atom stereocenters. The molecule has 2 aromatic rings. The summed E-state index contributed by atoms with van der Waals surface area (Å²) >= 11 is 6.12. The quantitative estimate of drug-likeness (QED) is 0.798. The van der Waals surface area contributed by atoms with Crippen molar-refractivity contribution in [1.82, 2.24) is 0 Å². The van der Waals surface area contributed by atoms with E-state index in [1.54, 1.807) is 18.2 Å². The van der Waals surface area contributed by atoms with E-state index in [4.69, 9.17) is 21.1 Å². The van der Waals surface area contributed by atoms with E-state index in [2.05, 4.69) is 6.07 Å². The van der Waals surface area contributed by atoms with Gasteiger partial charge >= 0.3 is 0 Å². The van der Waals surface area contributed by atoms with E-state index in [0.29, 0.717) is 29.5 Å². The molecule has 1 heterocycles. The molecule has 0 bridgehead atoms. The van der Waals surface area contributed by atoms with Gasteiger partial charge in [-0.15, -0.1) is 0 Å². The maximum Gasteiger partial charge on any atom is 0.150 e. The highest BCUT2D eigenvalue weighted by molar-refractivity contribution is 6.32. The van der Waals surface area contributed by atoms with Crippen LogP contribution in [0.4, 0.5) is 0 Å². The van der Waals surface area contributed by atoms with Crippen molar-refractivity contribution < 1.29 is 14.3 Å². The lowest BCUT2D eigenvalue weighted by Gasteiger charge is -2.26. The fraction of sp³-hybridized carbons (Fsp3) is 0.235. The number of rotatable bonds is 4. The molecule has 0 spiro atoms. The monoisotopic (exact) mass is 302 g/mol. The molecule has 2 aromatic carbocycles. The molecule has 0 saturated carbocycles. The van der Waals surface area contributed by atoms with Gasteiger partial charge in [0, 0.05) is 17.0 Å². The summed E-state index contributed by atoms with van der Waals surface area (Å²) in [4.78, 5) is 10.7. The maximum atomic E-state index is 10.7. The number of hydrogen-bond donors (Lipinski definition) is 0. The van der Waals surface area contributed by atoms with E-state index < -0.39 is 0 Å². The summed E-state index contributed by atoms with van der Waals surface area (Å²) in [5.74, 6) is 1.82. The van der Waals surface area contributed by atoms with Gasteiger partial charge in [0.25, 0.3) is 0 Å². The van der Waals surface area contributed by atoms with E-state index >= 15 is 0 Å². The number of carbonyl (C=O) groups excluding carboxylic acids is 1. The first-order valence-electron chi connectivity index (χ1n) is 6.87. The lowest BCUT2D eigenvalue weighted by molar-refractivity contribution is 0.112. The van der Waals surface area contributed by atoms with Crippen LogP contribution in [0.25, 0.3) is 0 Å². The Bertz CT molecular complexity index is 654. The number of para-hydroxylation sites is 1. The Labute approximate surface area is 128 Å². The molecule has 0 N–H and O–H groups in total. The van der Waals surface area contributed by atoms with Crippen LogP contribution in [0.3, 0.4) is 0 Å². The van der Waals surface area contributed by atoms with Crippen molar-refractivity contribution in [3.05, 3.63) is 58.6 Å². The lowest BCUT2D eigenvalue weighted by atomic mass is 9.94. The minimum absolute atomic E-state index is 0.289. The van der Waals surface area contributed by atoms with Crippen molar-refractivity contribution in [3.63, 3.8) is 0 Å². The molecule has 1 aliphatic rings. The lowest BCUT2D eigenvalue weighted by Crippen LogP contribution is -2.19. The summed E-state index contributed by atoms with van der Waals surface area (Å²) in [6, 6.07) is 13.1. The number of carbonyl (C=O) groups is 1. The summed E-state index contributed by atoms with van der Waals surface area (Å²) in [7, 11) is 0. The molecule has 3 rings (SSSR count). The predicted octanol–water partition coefficient (Wildman–Crippen LogP) is 4.10. The van der Waals surface area contributed by atoms with Crippen LogP contribution in [-0.4, -0.2) is 19.5 Å². The third-order valence-corrected chi connectivity index (χ3v) is 3.91. The van der Waals surface area contributed by atoms with Gasteiger partial charge in [0.1, 0.15) is 17.8 Å². The summed E-state index contributed by atoms with van der Waals surface area (Å²) < 4.78 is 11.5. The van der Waals surface area contributed by atoms with Crippen LogP contribution in [0.5, 0.6) is 11.5 Å². The highest BCUT2D eigenvalue weighted by Crippen LogP contribution is 2.34. The van der Waals surface area contributed by atoms with E-state index in [-0.39, 0.29) is 5.92 Å². The third-order valence-electron chi connectivity index (χ3n) is 3.61. The van der Waals surface area contributed by atoms with Crippen LogP contribution in [0.2, 0.25) is 5.02 Å². The zero-order valence-electron chi connectivity index (χ0n) is 11.4. The van der Waals surface area contributed by atoms with Crippen LogP contribution in [0.1, 0.15) is 28.3 Å². The van der Waals surface area contributed by atoms with Gasteiger partial charge in [-0.1, -0.05) is 29.8 Å². The van der Waals surface area contributed by atoms with E-state index in [0.717, 1.165) is 18.5 Å². The van der Waals surface area contributed by atoms with Crippen LogP contribution >= 0.6 is 11.6 Å². The molecule has 0 fully saturated rings. The number of ether oxygens (including phenoxy) is 2. The third kappa shape index (κ3) is 3.03. The summed E-state index contributed by atoms with van der Waals surface area (Å²) in [6.07, 6.45) is 1.69. The van der Waals surface area contributed by atoms with Gasteiger partial charge in [0.2, 0.25) is 0 Å². The fourth-order valence-electron chi connectivity index (χ4n) is 2.49. The summed E-state index contributed by atoms with van der Waals surface area (Å²) in [5.41, 5.74) is 1.72. The number of benzene rings is 2. The number of halogens is 1. The highest BCUT2D eigenvalue weighted by Gasteiger charge is 2.21. The predicted molar refractivity (Wildman–Crippen MR) is 81.6 cm³/mol. The molecule has 21 heavy (non-hydrogen) atoms.